The Labute approximate surface area is 494 Å². The van der Waals surface area contributed by atoms with Crippen molar-refractivity contribution in [2.24, 2.45) is 45.3 Å². The first-order valence-electron chi connectivity index (χ1n) is 30.5. The number of esters is 1. The zero-order valence-electron chi connectivity index (χ0n) is 50.0. The number of ketones is 1. The Hall–Kier alpha value is -2.04. The lowest BCUT2D eigenvalue weighted by molar-refractivity contribution is -0.405. The van der Waals surface area contributed by atoms with Gasteiger partial charge in [0, 0.05) is 31.3 Å². The summed E-state index contributed by atoms with van der Waals surface area (Å²) in [4.78, 5) is 27.8. The summed E-state index contributed by atoms with van der Waals surface area (Å²) in [6, 6.07) is 0. The lowest BCUT2D eigenvalue weighted by atomic mass is 9.41. The van der Waals surface area contributed by atoms with E-state index >= 15 is 0 Å². The molecule has 0 aromatic rings. The number of ether oxygens (including phenoxy) is 12. The van der Waals surface area contributed by atoms with Crippen LogP contribution in [0.1, 0.15) is 113 Å². The summed E-state index contributed by atoms with van der Waals surface area (Å²) in [7, 11) is 1.24. The Morgan fingerprint density at radius 3 is 1.88 bits per heavy atom. The molecule has 1 spiro atoms. The van der Waals surface area contributed by atoms with Crippen molar-refractivity contribution >= 4 is 11.8 Å². The van der Waals surface area contributed by atoms with Crippen LogP contribution in [-0.4, -0.2) is 260 Å². The molecule has 85 heavy (non-hydrogen) atoms. The van der Waals surface area contributed by atoms with Gasteiger partial charge in [-0.25, -0.2) is 0 Å². The van der Waals surface area contributed by atoms with Crippen LogP contribution in [-0.2, 0) is 66.4 Å². The Kier molecular flexibility index (Phi) is 19.3. The number of Topliss-reactive ketones (excluding diaryl/α,β-unsaturated/α-hetero) is 1. The lowest BCUT2D eigenvalue weighted by Crippen LogP contribution is -2.68. The van der Waals surface area contributed by atoms with Crippen LogP contribution in [0.3, 0.4) is 0 Å². The van der Waals surface area contributed by atoms with Crippen LogP contribution < -0.4 is 0 Å². The Morgan fingerprint density at radius 2 is 1.21 bits per heavy atom. The Bertz CT molecular complexity index is 2380. The van der Waals surface area contributed by atoms with Crippen LogP contribution in [0.4, 0.5) is 0 Å². The van der Waals surface area contributed by atoms with E-state index in [1.807, 2.05) is 20.8 Å². The molecule has 10 rings (SSSR count). The van der Waals surface area contributed by atoms with Gasteiger partial charge in [0.25, 0.3) is 0 Å². The number of carbonyl (C=O) groups excluding carboxylic acids is 2. The third-order valence-electron chi connectivity index (χ3n) is 21.8. The molecule has 4 aliphatic carbocycles. The van der Waals surface area contributed by atoms with Gasteiger partial charge in [0.2, 0.25) is 0 Å². The molecule has 10 aliphatic rings. The van der Waals surface area contributed by atoms with Gasteiger partial charge in [-0.05, 0) is 87.4 Å². The fourth-order valence-electron chi connectivity index (χ4n) is 17.3. The maximum absolute atomic E-state index is 14.5. The molecule has 9 fully saturated rings. The van der Waals surface area contributed by atoms with Crippen molar-refractivity contribution in [2.45, 2.75) is 266 Å². The fourth-order valence-corrected chi connectivity index (χ4v) is 17.3. The van der Waals surface area contributed by atoms with Crippen LogP contribution in [0, 0.1) is 45.3 Å². The van der Waals surface area contributed by atoms with E-state index in [9.17, 15) is 70.9 Å². The van der Waals surface area contributed by atoms with Gasteiger partial charge in [0.05, 0.1) is 44.1 Å². The predicted molar refractivity (Wildman–Crippen MR) is 287 cm³/mol. The molecule has 31 atom stereocenters. The van der Waals surface area contributed by atoms with Crippen molar-refractivity contribution in [3.63, 3.8) is 0 Å². The number of hydrogen-bond acceptors (Lipinski definition) is 26. The molecule has 0 amide bonds. The summed E-state index contributed by atoms with van der Waals surface area (Å²) < 4.78 is 72.8. The van der Waals surface area contributed by atoms with Crippen molar-refractivity contribution in [1.82, 2.24) is 0 Å². The number of fused-ring (bicyclic) bond motifs is 4. The van der Waals surface area contributed by atoms with E-state index in [-0.39, 0.29) is 60.5 Å². The number of rotatable bonds is 17. The van der Waals surface area contributed by atoms with Gasteiger partial charge >= 0.3 is 5.97 Å². The van der Waals surface area contributed by atoms with Gasteiger partial charge in [-0.15, -0.1) is 0 Å². The second-order valence-corrected chi connectivity index (χ2v) is 27.7. The molecular weight excluding hydrogens is 1120 g/mol. The molecule has 0 aromatic carbocycles. The van der Waals surface area contributed by atoms with Gasteiger partial charge in [-0.2, -0.15) is 0 Å². The van der Waals surface area contributed by atoms with E-state index in [0.29, 0.717) is 25.7 Å². The van der Waals surface area contributed by atoms with Crippen LogP contribution in [0.2, 0.25) is 0 Å². The standard InChI is InChI=1S/C59H94O26/c1-24(2)18-26(62)19-58(8)34-13-16-57(7)28-10-11-33-55(4,5)35(14-15-56(33,6)27(28)12-17-59(34,57)54(73)85-58)80-52-47(36(65)29(63)22-76-52)84-53-48(83-50-40(69)39(68)37(66)31(20-60)78-50)41(70)44(25(3)77-53)81-51-43(72)46(38(67)32(21-61)79-51)82-49-42(71)45(74-9)30(64)23-75-49/h10,24-25,27,29-53,60-61,63-72H,11-23H2,1-9H3/t25-,27-,29-,30-,31-,32-,33+,34-,35+,36+,37-,38-,39+,40-,41+,42-,43-,44-,45+,46+,47-,48-,49+,50+,51+,52+,53+,56-,57+,58+,59-/m1/s1. The van der Waals surface area contributed by atoms with Crippen molar-refractivity contribution in [2.75, 3.05) is 33.5 Å². The Balaban J connectivity index is 0.883. The SMILES string of the molecule is CO[C@@H]1[C@@H](O)[C@H](O[C@@H]2[C@@H](O)[C@H](O[C@H]3[C@H](O)[C@@H](O[C@@H]4O[C@H](CO)[C@@H](O)[C@H](O)[C@H]4O)[C@H](O[C@H]4[C@H](O[C@H]5CC[C@]6(C)[C@@H]7CC[C@]89C(=O)O[C@@](C)(CC(=O)CC(C)C)[C@H]8CC[C@@]9(C)C7=CC[C@H]6C5(C)C)OC[C@@H](O)[C@@H]4O)O[C@@H]3C)O[C@H](CO)[C@H]2O)OC[C@H]1O. The second-order valence-electron chi connectivity index (χ2n) is 27.7. The number of aliphatic hydroxyl groups excluding tert-OH is 12. The minimum atomic E-state index is -2.01. The molecule has 0 radical (unpaired) electrons. The molecule has 6 aliphatic heterocycles. The zero-order chi connectivity index (χ0) is 61.8. The van der Waals surface area contributed by atoms with E-state index in [4.69, 9.17) is 56.8 Å². The summed E-state index contributed by atoms with van der Waals surface area (Å²) in [5.41, 5.74) is -1.57. The van der Waals surface area contributed by atoms with Crippen molar-refractivity contribution < 1.29 is 128 Å². The number of hydrogen-bond donors (Lipinski definition) is 12. The molecule has 6 heterocycles. The molecule has 26 nitrogen and oxygen atoms in total. The third kappa shape index (κ3) is 11.2. The molecule has 12 N–H and O–H groups in total. The summed E-state index contributed by atoms with van der Waals surface area (Å²) >= 11 is 0. The van der Waals surface area contributed by atoms with Gasteiger partial charge in [-0.1, -0.05) is 53.2 Å². The molecule has 3 saturated carbocycles. The first kappa shape index (κ1) is 65.9. The van der Waals surface area contributed by atoms with Gasteiger partial charge in [0.15, 0.2) is 31.5 Å². The minimum Gasteiger partial charge on any atom is -0.458 e. The monoisotopic (exact) mass is 1220 g/mol. The quantitative estimate of drug-likeness (QED) is 0.0572. The first-order chi connectivity index (χ1) is 40.0. The lowest BCUT2D eigenvalue weighted by Gasteiger charge is -2.64. The molecule has 486 valence electrons. The molecule has 0 aromatic heterocycles. The highest BCUT2D eigenvalue weighted by Crippen LogP contribution is 2.76. The number of allylic oxidation sites excluding steroid dienone is 2. The number of aliphatic hydroxyl groups is 12. The summed E-state index contributed by atoms with van der Waals surface area (Å²) in [5.74, 6) is 0.220. The topological polar surface area (TPSA) is 388 Å². The zero-order valence-corrected chi connectivity index (χ0v) is 50.0. The molecular formula is C59H94O26. The molecule has 0 bridgehead atoms. The predicted octanol–water partition coefficient (Wildman–Crippen LogP) is -1.67. The van der Waals surface area contributed by atoms with E-state index in [0.717, 1.165) is 25.7 Å². The molecule has 0 unspecified atom stereocenters. The molecule has 26 heteroatoms. The van der Waals surface area contributed by atoms with Crippen molar-refractivity contribution in [3.8, 4) is 0 Å². The summed E-state index contributed by atoms with van der Waals surface area (Å²) in [6.45, 7) is 13.9. The second kappa shape index (κ2) is 24.9. The average Bonchev–Trinajstić information content (AvgIpc) is 1.57. The first-order valence-corrected chi connectivity index (χ1v) is 30.5. The fraction of sp³-hybridized carbons (Fsp3) is 0.932. The van der Waals surface area contributed by atoms with E-state index in [2.05, 4.69) is 33.8 Å². The average molecular weight is 1220 g/mol. The van der Waals surface area contributed by atoms with Gasteiger partial charge < -0.3 is 118 Å². The van der Waals surface area contributed by atoms with Crippen LogP contribution in [0.5, 0.6) is 0 Å². The van der Waals surface area contributed by atoms with Crippen molar-refractivity contribution in [3.05, 3.63) is 11.6 Å². The van der Waals surface area contributed by atoms with E-state index < -0.39 is 182 Å². The Morgan fingerprint density at radius 1 is 0.612 bits per heavy atom. The van der Waals surface area contributed by atoms with Crippen LogP contribution in [0.15, 0.2) is 11.6 Å². The number of carbonyl (C=O) groups is 2. The van der Waals surface area contributed by atoms with E-state index in [1.165, 1.54) is 19.6 Å². The number of methoxy groups -OCH3 is 1. The highest BCUT2D eigenvalue weighted by atomic mass is 16.8. The third-order valence-corrected chi connectivity index (χ3v) is 21.8. The smallest absolute Gasteiger partial charge is 0.313 e. The van der Waals surface area contributed by atoms with Gasteiger partial charge in [0.1, 0.15) is 115 Å². The highest BCUT2D eigenvalue weighted by molar-refractivity contribution is 5.86. The summed E-state index contributed by atoms with van der Waals surface area (Å²) in [6.07, 6.45) is -30.9. The summed E-state index contributed by atoms with van der Waals surface area (Å²) in [5, 5.41) is 133. The largest absolute Gasteiger partial charge is 0.458 e. The maximum atomic E-state index is 14.5. The minimum absolute atomic E-state index is 0.0508. The van der Waals surface area contributed by atoms with Gasteiger partial charge in [-0.3, -0.25) is 9.59 Å². The van der Waals surface area contributed by atoms with Crippen LogP contribution >= 0.6 is 0 Å². The maximum Gasteiger partial charge on any atom is 0.313 e. The van der Waals surface area contributed by atoms with Crippen LogP contribution in [0.25, 0.3) is 0 Å². The number of cyclic esters (lactones) is 1. The normalized spacial score (nSPS) is 52.4. The van der Waals surface area contributed by atoms with E-state index in [1.54, 1.807) is 0 Å². The highest BCUT2D eigenvalue weighted by Gasteiger charge is 2.76. The van der Waals surface area contributed by atoms with Crippen molar-refractivity contribution in [1.29, 1.82) is 0 Å². The molecule has 6 saturated heterocycles.